The molecule has 3 N–H and O–H groups in total. The lowest BCUT2D eigenvalue weighted by Crippen LogP contribution is -2.18. The van der Waals surface area contributed by atoms with Crippen LogP contribution in [-0.2, 0) is 41.4 Å². The largest absolute Gasteiger partial charge is 0.508 e. The molecule has 2 aliphatic heterocycles. The molecule has 41 heavy (non-hydrogen) atoms. The van der Waals surface area contributed by atoms with E-state index >= 15 is 0 Å². The summed E-state index contributed by atoms with van der Waals surface area (Å²) in [5.74, 6) is -3.77. The number of alkyl halides is 1. The Morgan fingerprint density at radius 3 is 2.00 bits per heavy atom. The topological polar surface area (TPSA) is 140 Å². The van der Waals surface area contributed by atoms with Gasteiger partial charge in [0.2, 0.25) is 11.8 Å². The van der Waals surface area contributed by atoms with Gasteiger partial charge in [-0.05, 0) is 62.6 Å². The number of phenols is 1. The molecule has 0 bridgehead atoms. The molecule has 2 aliphatic rings. The van der Waals surface area contributed by atoms with E-state index in [1.165, 1.54) is 0 Å². The molecule has 11 heteroatoms. The fraction of sp³-hybridized carbons (Fsp3) is 0.467. The molecule has 10 nitrogen and oxygen atoms in total. The van der Waals surface area contributed by atoms with Crippen LogP contribution in [0.25, 0.3) is 0 Å². The summed E-state index contributed by atoms with van der Waals surface area (Å²) in [6, 6.07) is 0.169. The maximum Gasteiger partial charge on any atom is 0.305 e. The van der Waals surface area contributed by atoms with Gasteiger partial charge in [0.05, 0.1) is 25.3 Å². The van der Waals surface area contributed by atoms with E-state index in [4.69, 9.17) is 25.9 Å². The Balaban J connectivity index is 0.000000310. The Labute approximate surface area is 266 Å². The summed E-state index contributed by atoms with van der Waals surface area (Å²) >= 11 is 3.22. The maximum atomic E-state index is 11.9. The number of carbonyl (C=O) groups is 4. The predicted molar refractivity (Wildman–Crippen MR) is 159 cm³/mol. The molecular weight excluding hydrogens is 596 g/mol. The second-order valence-corrected chi connectivity index (χ2v) is 8.64. The number of fused-ring (bicyclic) bond motifs is 2. The first kappa shape index (κ1) is 19.5. The van der Waals surface area contributed by atoms with Crippen molar-refractivity contribution in [1.29, 1.82) is 0 Å². The SMILES string of the molecule is CCOC(=O)CCCBr.[2H]c1cc2c(c([2H])c1O)NC(=O)C([2H])([2H])C2([2H])[2H].[2H]c1cc2c(c([2H])c1OCCCC(=O)OCC)NC(=O)C([2H])([2H])C2([2H])[2H]. The monoisotopic (exact) mass is 646 g/mol. The van der Waals surface area contributed by atoms with Crippen molar-refractivity contribution in [2.75, 3.05) is 35.8 Å². The third kappa shape index (κ3) is 13.1. The molecule has 2 heterocycles. The Morgan fingerprint density at radius 2 is 1.44 bits per heavy atom. The molecule has 4 rings (SSSR count). The summed E-state index contributed by atoms with van der Waals surface area (Å²) in [6.45, 7) is 4.28. The zero-order chi connectivity index (χ0) is 40.7. The minimum absolute atomic E-state index is 0.0248. The minimum Gasteiger partial charge on any atom is -0.508 e. The number of nitrogens with one attached hydrogen (secondary N) is 2. The molecule has 0 radical (unpaired) electrons. The van der Waals surface area contributed by atoms with E-state index in [0.717, 1.165) is 23.9 Å². The molecule has 2 aromatic rings. The molecule has 0 spiro atoms. The number of anilines is 2. The Hall–Kier alpha value is -3.60. The van der Waals surface area contributed by atoms with E-state index in [2.05, 4.69) is 31.3 Å². The average Bonchev–Trinajstić information content (AvgIpc) is 3.07. The summed E-state index contributed by atoms with van der Waals surface area (Å²) in [6.07, 6.45) is -9.22. The number of hydrogen-bond donors (Lipinski definition) is 3. The van der Waals surface area contributed by atoms with Crippen molar-refractivity contribution in [3.63, 3.8) is 0 Å². The quantitative estimate of drug-likeness (QED) is 0.180. The van der Waals surface area contributed by atoms with Gasteiger partial charge in [0, 0.05) is 65.3 Å². The number of rotatable bonds is 10. The van der Waals surface area contributed by atoms with Gasteiger partial charge in [0.25, 0.3) is 0 Å². The maximum absolute atomic E-state index is 11.9. The van der Waals surface area contributed by atoms with Crippen LogP contribution < -0.4 is 15.4 Å². The highest BCUT2D eigenvalue weighted by Crippen LogP contribution is 2.27. The van der Waals surface area contributed by atoms with Crippen LogP contribution in [0.4, 0.5) is 11.4 Å². The molecule has 0 unspecified atom stereocenters. The van der Waals surface area contributed by atoms with Gasteiger partial charge in [-0.15, -0.1) is 0 Å². The van der Waals surface area contributed by atoms with Crippen molar-refractivity contribution in [2.45, 2.75) is 65.0 Å². The number of aromatic hydroxyl groups is 1. The standard InChI is InChI=1S/C15H19NO4.C9H9NO2.C6H11BrO2/c1-2-19-15(18)4-3-9-20-12-7-5-11-6-8-14(17)16-13(11)10-12;11-7-3-1-6-2-4-9(12)10-8(6)5-7;1-2-9-6(8)4-3-5-7/h5,7,10H,2-4,6,8-9H2,1H3,(H,16,17);1,3,5,11H,2,4H2,(H,10,12);2-5H2,1H3/i6D2,7D,8D2,10D;2D2,3D,4D2,5D;. The number of amides is 2. The molecule has 0 atom stereocenters. The molecule has 0 saturated heterocycles. The normalized spacial score (nSPS) is 22.1. The van der Waals surface area contributed by atoms with Crippen LogP contribution in [0.1, 0.15) is 79.9 Å². The van der Waals surface area contributed by atoms with E-state index in [1.54, 1.807) is 6.92 Å². The summed E-state index contributed by atoms with van der Waals surface area (Å²) in [5.41, 5.74) is -1.11. The molecule has 2 aromatic carbocycles. The highest BCUT2D eigenvalue weighted by atomic mass is 79.9. The number of phenolic OH excluding ortho intramolecular Hbond substituents is 1. The van der Waals surface area contributed by atoms with Gasteiger partial charge < -0.3 is 30.0 Å². The van der Waals surface area contributed by atoms with Crippen molar-refractivity contribution in [1.82, 2.24) is 0 Å². The molecule has 0 aromatic heterocycles. The third-order valence-corrected chi connectivity index (χ3v) is 5.28. The van der Waals surface area contributed by atoms with Gasteiger partial charge in [-0.1, -0.05) is 28.1 Å². The predicted octanol–water partition coefficient (Wildman–Crippen LogP) is 5.29. The highest BCUT2D eigenvalue weighted by Gasteiger charge is 2.15. The molecule has 224 valence electrons. The van der Waals surface area contributed by atoms with E-state index < -0.39 is 61.2 Å². The van der Waals surface area contributed by atoms with Crippen molar-refractivity contribution in [3.05, 3.63) is 47.4 Å². The number of halogens is 1. The second-order valence-electron chi connectivity index (χ2n) is 7.85. The summed E-state index contributed by atoms with van der Waals surface area (Å²) in [5, 5.41) is 14.5. The zero-order valence-electron chi connectivity index (χ0n) is 34.5. The van der Waals surface area contributed by atoms with Crippen molar-refractivity contribution in [2.24, 2.45) is 0 Å². The van der Waals surface area contributed by atoms with Gasteiger partial charge in [0.15, 0.2) is 0 Å². The number of benzene rings is 2. The van der Waals surface area contributed by atoms with E-state index in [1.807, 2.05) is 6.92 Å². The van der Waals surface area contributed by atoms with Crippen LogP contribution in [-0.4, -0.2) is 54.0 Å². The third-order valence-electron chi connectivity index (χ3n) is 4.72. The van der Waals surface area contributed by atoms with Gasteiger partial charge in [-0.2, -0.15) is 0 Å². The molecule has 2 amide bonds. The zero-order valence-corrected chi connectivity index (χ0v) is 24.1. The fourth-order valence-corrected chi connectivity index (χ4v) is 3.22. The number of hydrogen-bond acceptors (Lipinski definition) is 8. The Bertz CT molecular complexity index is 1710. The second kappa shape index (κ2) is 18.7. The minimum atomic E-state index is -2.83. The number of ether oxygens (including phenoxy) is 3. The first-order chi connectivity index (χ1) is 24.4. The van der Waals surface area contributed by atoms with Crippen molar-refractivity contribution in [3.8, 4) is 11.5 Å². The van der Waals surface area contributed by atoms with Gasteiger partial charge >= 0.3 is 11.9 Å². The van der Waals surface area contributed by atoms with Crippen molar-refractivity contribution < 1.29 is 54.9 Å². The lowest BCUT2D eigenvalue weighted by Gasteiger charge is -2.17. The molecule has 0 saturated carbocycles. The molecule has 0 fully saturated rings. The Kier molecular flexibility index (Phi) is 8.89. The number of esters is 2. The van der Waals surface area contributed by atoms with Gasteiger partial charge in [-0.3, -0.25) is 19.2 Å². The van der Waals surface area contributed by atoms with Crippen LogP contribution in [0.3, 0.4) is 0 Å². The first-order valence-electron chi connectivity index (χ1n) is 18.6. The van der Waals surface area contributed by atoms with E-state index in [0.29, 0.717) is 19.4 Å². The lowest BCUT2D eigenvalue weighted by molar-refractivity contribution is -0.144. The van der Waals surface area contributed by atoms with Crippen LogP contribution in [0, 0.1) is 0 Å². The van der Waals surface area contributed by atoms with Crippen molar-refractivity contribution >= 4 is 51.1 Å². The Morgan fingerprint density at radius 1 is 0.902 bits per heavy atom. The average molecular weight is 648 g/mol. The number of carbonyl (C=O) groups excluding carboxylic acids is 4. The molecular formula is C30H39BrN2O8. The van der Waals surface area contributed by atoms with Crippen LogP contribution in [0.5, 0.6) is 11.5 Å². The summed E-state index contributed by atoms with van der Waals surface area (Å²) in [7, 11) is 0. The highest BCUT2D eigenvalue weighted by molar-refractivity contribution is 9.09. The van der Waals surface area contributed by atoms with Crippen LogP contribution >= 0.6 is 15.9 Å². The van der Waals surface area contributed by atoms with Gasteiger partial charge in [0.1, 0.15) is 11.5 Å². The molecule has 0 aliphatic carbocycles. The van der Waals surface area contributed by atoms with Gasteiger partial charge in [-0.25, -0.2) is 0 Å². The summed E-state index contributed by atoms with van der Waals surface area (Å²) < 4.78 is 107. The van der Waals surface area contributed by atoms with E-state index in [-0.39, 0.29) is 65.9 Å². The lowest BCUT2D eigenvalue weighted by atomic mass is 10.0. The smallest absolute Gasteiger partial charge is 0.305 e. The number of aryl methyl sites for hydroxylation is 2. The first-order valence-corrected chi connectivity index (χ1v) is 13.7. The summed E-state index contributed by atoms with van der Waals surface area (Å²) in [4.78, 5) is 45.2. The van der Waals surface area contributed by atoms with Crippen LogP contribution in [0.2, 0.25) is 0 Å². The van der Waals surface area contributed by atoms with E-state index in [9.17, 15) is 24.3 Å². The fourth-order valence-electron chi connectivity index (χ4n) is 2.94. The van der Waals surface area contributed by atoms with Crippen LogP contribution in [0.15, 0.2) is 36.3 Å².